The van der Waals surface area contributed by atoms with Crippen LogP contribution in [0.25, 0.3) is 0 Å². The maximum atomic E-state index is 12.8. The van der Waals surface area contributed by atoms with Crippen LogP contribution in [-0.4, -0.2) is 23.9 Å². The second-order valence-electron chi connectivity index (χ2n) is 6.93. The first-order valence-electron chi connectivity index (χ1n) is 8.43. The van der Waals surface area contributed by atoms with Gasteiger partial charge in [-0.05, 0) is 47.9 Å². The third kappa shape index (κ3) is 2.48. The SMILES string of the molecule is O=C(c1ccc2c(c1)CNC2)N1CCC2CCCCC2C1. The fourth-order valence-corrected chi connectivity index (χ4v) is 4.40. The fourth-order valence-electron chi connectivity index (χ4n) is 4.40. The zero-order chi connectivity index (χ0) is 14.2. The van der Waals surface area contributed by atoms with Crippen LogP contribution in [0.2, 0.25) is 0 Å². The van der Waals surface area contributed by atoms with Gasteiger partial charge in [0.15, 0.2) is 0 Å². The Morgan fingerprint density at radius 3 is 2.76 bits per heavy atom. The highest BCUT2D eigenvalue weighted by Gasteiger charge is 2.33. The van der Waals surface area contributed by atoms with Crippen LogP contribution in [-0.2, 0) is 13.1 Å². The Balaban J connectivity index is 1.49. The molecule has 0 radical (unpaired) electrons. The highest BCUT2D eigenvalue weighted by Crippen LogP contribution is 2.36. The number of amides is 1. The predicted octanol–water partition coefficient (Wildman–Crippen LogP) is 2.94. The third-order valence-electron chi connectivity index (χ3n) is 5.66. The number of nitrogens with zero attached hydrogens (tertiary/aromatic N) is 1. The summed E-state index contributed by atoms with van der Waals surface area (Å²) in [6.45, 7) is 3.78. The van der Waals surface area contributed by atoms with Gasteiger partial charge in [-0.3, -0.25) is 4.79 Å². The lowest BCUT2D eigenvalue weighted by Crippen LogP contribution is -2.44. The summed E-state index contributed by atoms with van der Waals surface area (Å²) in [6.07, 6.45) is 6.67. The second-order valence-corrected chi connectivity index (χ2v) is 6.93. The minimum Gasteiger partial charge on any atom is -0.338 e. The van der Waals surface area contributed by atoms with Crippen molar-refractivity contribution in [1.29, 1.82) is 0 Å². The molecule has 1 saturated heterocycles. The van der Waals surface area contributed by atoms with Gasteiger partial charge in [-0.2, -0.15) is 0 Å². The van der Waals surface area contributed by atoms with E-state index in [1.807, 2.05) is 6.07 Å². The smallest absolute Gasteiger partial charge is 0.253 e. The van der Waals surface area contributed by atoms with E-state index in [1.54, 1.807) is 0 Å². The summed E-state index contributed by atoms with van der Waals surface area (Å²) in [5.74, 6) is 1.88. The Labute approximate surface area is 126 Å². The lowest BCUT2D eigenvalue weighted by atomic mass is 9.75. The molecule has 0 bridgehead atoms. The number of rotatable bonds is 1. The van der Waals surface area contributed by atoms with E-state index in [-0.39, 0.29) is 5.91 Å². The highest BCUT2D eigenvalue weighted by atomic mass is 16.2. The van der Waals surface area contributed by atoms with Crippen molar-refractivity contribution in [3.8, 4) is 0 Å². The number of carbonyl (C=O) groups is 1. The van der Waals surface area contributed by atoms with Crippen LogP contribution in [0.4, 0.5) is 0 Å². The van der Waals surface area contributed by atoms with Gasteiger partial charge in [-0.15, -0.1) is 0 Å². The molecule has 1 saturated carbocycles. The molecule has 3 nitrogen and oxygen atoms in total. The van der Waals surface area contributed by atoms with Gasteiger partial charge >= 0.3 is 0 Å². The van der Waals surface area contributed by atoms with Crippen molar-refractivity contribution in [3.05, 3.63) is 34.9 Å². The molecular formula is C18H24N2O. The van der Waals surface area contributed by atoms with Crippen molar-refractivity contribution in [2.75, 3.05) is 13.1 Å². The molecule has 2 fully saturated rings. The van der Waals surface area contributed by atoms with E-state index in [0.717, 1.165) is 43.6 Å². The van der Waals surface area contributed by atoms with E-state index in [4.69, 9.17) is 0 Å². The number of nitrogens with one attached hydrogen (secondary N) is 1. The minimum atomic E-state index is 0.244. The summed E-state index contributed by atoms with van der Waals surface area (Å²) in [6, 6.07) is 6.24. The summed E-state index contributed by atoms with van der Waals surface area (Å²) in [4.78, 5) is 14.9. The normalized spacial score (nSPS) is 28.1. The van der Waals surface area contributed by atoms with Crippen LogP contribution in [0.5, 0.6) is 0 Å². The summed E-state index contributed by atoms with van der Waals surface area (Å²) in [7, 11) is 0. The Morgan fingerprint density at radius 1 is 1.05 bits per heavy atom. The predicted molar refractivity (Wildman–Crippen MR) is 83.0 cm³/mol. The Kier molecular flexibility index (Phi) is 3.46. The van der Waals surface area contributed by atoms with E-state index in [1.165, 1.54) is 43.2 Å². The molecule has 2 unspecified atom stereocenters. The average molecular weight is 284 g/mol. The molecule has 2 atom stereocenters. The lowest BCUT2D eigenvalue weighted by Gasteiger charge is -2.41. The quantitative estimate of drug-likeness (QED) is 0.860. The van der Waals surface area contributed by atoms with Crippen LogP contribution in [0.15, 0.2) is 18.2 Å². The molecule has 1 aromatic carbocycles. The Hall–Kier alpha value is -1.35. The Morgan fingerprint density at radius 2 is 1.86 bits per heavy atom. The van der Waals surface area contributed by atoms with Crippen molar-refractivity contribution in [3.63, 3.8) is 0 Å². The molecule has 1 aromatic rings. The van der Waals surface area contributed by atoms with Gasteiger partial charge in [0.05, 0.1) is 0 Å². The van der Waals surface area contributed by atoms with Gasteiger partial charge in [0.1, 0.15) is 0 Å². The lowest BCUT2D eigenvalue weighted by molar-refractivity contribution is 0.0521. The first-order chi connectivity index (χ1) is 10.3. The van der Waals surface area contributed by atoms with Crippen molar-refractivity contribution >= 4 is 5.91 Å². The first-order valence-corrected chi connectivity index (χ1v) is 8.43. The zero-order valence-corrected chi connectivity index (χ0v) is 12.6. The third-order valence-corrected chi connectivity index (χ3v) is 5.66. The van der Waals surface area contributed by atoms with E-state index in [2.05, 4.69) is 22.3 Å². The molecule has 0 aromatic heterocycles. The molecule has 3 heteroatoms. The van der Waals surface area contributed by atoms with Gasteiger partial charge in [0, 0.05) is 31.7 Å². The number of benzene rings is 1. The number of carbonyl (C=O) groups excluding carboxylic acids is 1. The topological polar surface area (TPSA) is 32.3 Å². The van der Waals surface area contributed by atoms with E-state index >= 15 is 0 Å². The Bertz CT molecular complexity index is 554. The van der Waals surface area contributed by atoms with Crippen LogP contribution >= 0.6 is 0 Å². The van der Waals surface area contributed by atoms with Crippen LogP contribution in [0.3, 0.4) is 0 Å². The largest absolute Gasteiger partial charge is 0.338 e. The number of hydrogen-bond acceptors (Lipinski definition) is 2. The number of piperidine rings is 1. The average Bonchev–Trinajstić information content (AvgIpc) is 3.01. The minimum absolute atomic E-state index is 0.244. The first kappa shape index (κ1) is 13.3. The van der Waals surface area contributed by atoms with Gasteiger partial charge in [-0.25, -0.2) is 0 Å². The van der Waals surface area contributed by atoms with Crippen LogP contribution in [0.1, 0.15) is 53.6 Å². The fraction of sp³-hybridized carbons (Fsp3) is 0.611. The van der Waals surface area contributed by atoms with E-state index < -0.39 is 0 Å². The molecule has 1 aliphatic carbocycles. The standard InChI is InChI=1S/C18H24N2O/c21-18(14-5-6-15-10-19-11-17(15)9-14)20-8-7-13-3-1-2-4-16(13)12-20/h5-6,9,13,16,19H,1-4,7-8,10-12H2. The second kappa shape index (κ2) is 5.45. The summed E-state index contributed by atoms with van der Waals surface area (Å²) < 4.78 is 0. The summed E-state index contributed by atoms with van der Waals surface area (Å²) in [5.41, 5.74) is 3.53. The number of fused-ring (bicyclic) bond motifs is 2. The van der Waals surface area contributed by atoms with Crippen molar-refractivity contribution in [2.24, 2.45) is 11.8 Å². The van der Waals surface area contributed by atoms with Crippen LogP contribution in [0, 0.1) is 11.8 Å². The summed E-state index contributed by atoms with van der Waals surface area (Å²) in [5, 5.41) is 3.35. The van der Waals surface area contributed by atoms with Crippen molar-refractivity contribution in [2.45, 2.75) is 45.2 Å². The molecule has 3 aliphatic rings. The molecule has 1 amide bonds. The van der Waals surface area contributed by atoms with Crippen LogP contribution < -0.4 is 5.32 Å². The number of hydrogen-bond donors (Lipinski definition) is 1. The monoisotopic (exact) mass is 284 g/mol. The molecule has 0 spiro atoms. The number of likely N-dealkylation sites (tertiary alicyclic amines) is 1. The molecule has 21 heavy (non-hydrogen) atoms. The van der Waals surface area contributed by atoms with E-state index in [0.29, 0.717) is 0 Å². The van der Waals surface area contributed by atoms with Gasteiger partial charge in [-0.1, -0.05) is 25.3 Å². The van der Waals surface area contributed by atoms with Gasteiger partial charge in [0.2, 0.25) is 0 Å². The summed E-state index contributed by atoms with van der Waals surface area (Å²) >= 11 is 0. The van der Waals surface area contributed by atoms with E-state index in [9.17, 15) is 4.79 Å². The van der Waals surface area contributed by atoms with Gasteiger partial charge in [0.25, 0.3) is 5.91 Å². The molecule has 112 valence electrons. The molecule has 4 rings (SSSR count). The van der Waals surface area contributed by atoms with Crippen molar-refractivity contribution < 1.29 is 4.79 Å². The molecule has 1 N–H and O–H groups in total. The highest BCUT2D eigenvalue weighted by molar-refractivity contribution is 5.94. The van der Waals surface area contributed by atoms with Crippen molar-refractivity contribution in [1.82, 2.24) is 10.2 Å². The maximum Gasteiger partial charge on any atom is 0.253 e. The molecular weight excluding hydrogens is 260 g/mol. The zero-order valence-electron chi connectivity index (χ0n) is 12.6. The maximum absolute atomic E-state index is 12.8. The van der Waals surface area contributed by atoms with Gasteiger partial charge < -0.3 is 10.2 Å². The molecule has 2 heterocycles. The molecule has 2 aliphatic heterocycles.